The highest BCUT2D eigenvalue weighted by molar-refractivity contribution is 6.30. The Morgan fingerprint density at radius 3 is 2.46 bits per heavy atom. The monoisotopic (exact) mass is 392 g/mol. The Balaban J connectivity index is 2.86. The minimum atomic E-state index is -4.69. The van der Waals surface area contributed by atoms with Gasteiger partial charge in [0.15, 0.2) is 6.10 Å². The molecule has 0 saturated heterocycles. The first-order valence-electron chi connectivity index (χ1n) is 7.70. The van der Waals surface area contributed by atoms with Gasteiger partial charge in [-0.15, -0.1) is 0 Å². The van der Waals surface area contributed by atoms with E-state index in [0.29, 0.717) is 0 Å². The van der Waals surface area contributed by atoms with Crippen LogP contribution in [0.3, 0.4) is 0 Å². The van der Waals surface area contributed by atoms with Crippen LogP contribution in [0.2, 0.25) is 5.02 Å². The second-order valence-corrected chi connectivity index (χ2v) is 7.03. The van der Waals surface area contributed by atoms with Crippen molar-refractivity contribution in [3.8, 4) is 11.8 Å². The van der Waals surface area contributed by atoms with E-state index in [1.54, 1.807) is 26.8 Å². The Labute approximate surface area is 155 Å². The van der Waals surface area contributed by atoms with Crippen LogP contribution in [0.1, 0.15) is 32.8 Å². The number of rotatable bonds is 5. The number of carbonyl (C=O) groups is 1. The molecule has 0 aliphatic carbocycles. The number of alkyl halides is 3. The number of hydrogen-bond donors (Lipinski definition) is 0. The van der Waals surface area contributed by atoms with Crippen LogP contribution >= 0.6 is 11.6 Å². The van der Waals surface area contributed by atoms with Crippen molar-refractivity contribution in [3.05, 3.63) is 28.8 Å². The standard InChI is InChI=1S/C17H20ClF3N2O3/c1-16(2,3)26-15(24)23(4)8-7-14(17(19,20)21)25-13-9-12(18)6-5-11(13)10-22/h5-6,9,14H,7-8H2,1-4H3. The maximum atomic E-state index is 13.3. The zero-order valence-electron chi connectivity index (χ0n) is 14.9. The lowest BCUT2D eigenvalue weighted by molar-refractivity contribution is -0.197. The molecule has 5 nitrogen and oxygen atoms in total. The van der Waals surface area contributed by atoms with E-state index >= 15 is 0 Å². The Hall–Kier alpha value is -2.14. The van der Waals surface area contributed by atoms with Gasteiger partial charge in [0.1, 0.15) is 17.4 Å². The maximum Gasteiger partial charge on any atom is 0.425 e. The van der Waals surface area contributed by atoms with E-state index in [1.807, 2.05) is 0 Å². The fourth-order valence-electron chi connectivity index (χ4n) is 1.87. The average Bonchev–Trinajstić information content (AvgIpc) is 2.48. The lowest BCUT2D eigenvalue weighted by atomic mass is 10.2. The molecule has 0 radical (unpaired) electrons. The first kappa shape index (κ1) is 21.9. The lowest BCUT2D eigenvalue weighted by Crippen LogP contribution is -2.40. The van der Waals surface area contributed by atoms with Crippen LogP contribution in [0.25, 0.3) is 0 Å². The van der Waals surface area contributed by atoms with Crippen LogP contribution in [0.15, 0.2) is 18.2 Å². The SMILES string of the molecule is CN(CCC(Oc1cc(Cl)ccc1C#N)C(F)(F)F)C(=O)OC(C)(C)C. The van der Waals surface area contributed by atoms with Gasteiger partial charge in [-0.2, -0.15) is 18.4 Å². The summed E-state index contributed by atoms with van der Waals surface area (Å²) in [5, 5.41) is 9.14. The van der Waals surface area contributed by atoms with E-state index in [4.69, 9.17) is 26.3 Å². The van der Waals surface area contributed by atoms with E-state index in [2.05, 4.69) is 0 Å². The number of nitrogens with zero attached hydrogens (tertiary/aromatic N) is 2. The molecule has 9 heteroatoms. The third kappa shape index (κ3) is 7.00. The number of amides is 1. The van der Waals surface area contributed by atoms with Crippen LogP contribution in [0.4, 0.5) is 18.0 Å². The number of hydrogen-bond acceptors (Lipinski definition) is 4. The third-order valence-corrected chi connectivity index (χ3v) is 3.37. The highest BCUT2D eigenvalue weighted by atomic mass is 35.5. The fraction of sp³-hybridized carbons (Fsp3) is 0.529. The van der Waals surface area contributed by atoms with Crippen LogP contribution in [-0.4, -0.2) is 42.5 Å². The summed E-state index contributed by atoms with van der Waals surface area (Å²) in [6.07, 6.45) is -8.17. The molecule has 0 aromatic heterocycles. The van der Waals surface area contributed by atoms with Crippen molar-refractivity contribution in [1.29, 1.82) is 5.26 Å². The van der Waals surface area contributed by atoms with E-state index in [9.17, 15) is 18.0 Å². The van der Waals surface area contributed by atoms with Crippen molar-refractivity contribution in [2.75, 3.05) is 13.6 Å². The second-order valence-electron chi connectivity index (χ2n) is 6.59. The highest BCUT2D eigenvalue weighted by Gasteiger charge is 2.42. The molecule has 1 atom stereocenters. The quantitative estimate of drug-likeness (QED) is 0.723. The molecule has 0 bridgehead atoms. The molecule has 144 valence electrons. The summed E-state index contributed by atoms with van der Waals surface area (Å²) in [4.78, 5) is 12.9. The van der Waals surface area contributed by atoms with Crippen molar-refractivity contribution in [1.82, 2.24) is 4.90 Å². The van der Waals surface area contributed by atoms with Gasteiger partial charge < -0.3 is 14.4 Å². The molecule has 0 fully saturated rings. The molecule has 1 aromatic carbocycles. The van der Waals surface area contributed by atoms with E-state index in [1.165, 1.54) is 19.2 Å². The molecule has 0 N–H and O–H groups in total. The molecule has 0 saturated carbocycles. The van der Waals surface area contributed by atoms with Crippen molar-refractivity contribution in [3.63, 3.8) is 0 Å². The fourth-order valence-corrected chi connectivity index (χ4v) is 2.03. The zero-order valence-corrected chi connectivity index (χ0v) is 15.6. The van der Waals surface area contributed by atoms with Crippen molar-refractivity contribution in [2.45, 2.75) is 45.1 Å². The molecule has 1 rings (SSSR count). The molecule has 1 unspecified atom stereocenters. The number of halogens is 4. The summed E-state index contributed by atoms with van der Waals surface area (Å²) in [5.74, 6) is -0.262. The van der Waals surface area contributed by atoms with Crippen LogP contribution in [0.5, 0.6) is 5.75 Å². The van der Waals surface area contributed by atoms with Crippen molar-refractivity contribution >= 4 is 17.7 Å². The molecule has 0 spiro atoms. The number of benzene rings is 1. The number of carbonyl (C=O) groups excluding carboxylic acids is 1. The summed E-state index contributed by atoms with van der Waals surface area (Å²) in [6.45, 7) is 4.72. The minimum Gasteiger partial charge on any atom is -0.479 e. The van der Waals surface area contributed by atoms with Gasteiger partial charge in [0, 0.05) is 31.1 Å². The van der Waals surface area contributed by atoms with Gasteiger partial charge in [0.2, 0.25) is 0 Å². The maximum absolute atomic E-state index is 13.3. The third-order valence-electron chi connectivity index (χ3n) is 3.13. The van der Waals surface area contributed by atoms with Gasteiger partial charge in [0.05, 0.1) is 5.56 Å². The van der Waals surface area contributed by atoms with E-state index in [-0.39, 0.29) is 22.9 Å². The smallest absolute Gasteiger partial charge is 0.425 e. The molecular formula is C17H20ClF3N2O3. The highest BCUT2D eigenvalue weighted by Crippen LogP contribution is 2.31. The number of ether oxygens (including phenoxy) is 2. The Morgan fingerprint density at radius 1 is 1.35 bits per heavy atom. The average molecular weight is 393 g/mol. The Kier molecular flexibility index (Phi) is 7.16. The summed E-state index contributed by atoms with van der Waals surface area (Å²) in [5.41, 5.74) is -0.822. The van der Waals surface area contributed by atoms with Gasteiger partial charge in [-0.25, -0.2) is 4.79 Å². The van der Waals surface area contributed by atoms with E-state index < -0.39 is 30.4 Å². The zero-order chi connectivity index (χ0) is 20.1. The predicted octanol–water partition coefficient (Wildman–Crippen LogP) is 4.78. The van der Waals surface area contributed by atoms with Crippen LogP contribution in [-0.2, 0) is 4.74 Å². The lowest BCUT2D eigenvalue weighted by Gasteiger charge is -2.27. The summed E-state index contributed by atoms with van der Waals surface area (Å²) >= 11 is 5.76. The van der Waals surface area contributed by atoms with Crippen LogP contribution in [0, 0.1) is 11.3 Å². The Bertz CT molecular complexity index is 681. The van der Waals surface area contributed by atoms with Crippen LogP contribution < -0.4 is 4.74 Å². The topological polar surface area (TPSA) is 62.6 Å². The molecule has 26 heavy (non-hydrogen) atoms. The van der Waals surface area contributed by atoms with Gasteiger partial charge >= 0.3 is 12.3 Å². The summed E-state index contributed by atoms with van der Waals surface area (Å²) in [7, 11) is 1.33. The molecule has 1 amide bonds. The van der Waals surface area contributed by atoms with E-state index in [0.717, 1.165) is 11.0 Å². The molecule has 0 aliphatic heterocycles. The normalized spacial score (nSPS) is 12.9. The minimum absolute atomic E-state index is 0.0656. The van der Waals surface area contributed by atoms with Gasteiger partial charge in [0.25, 0.3) is 0 Å². The van der Waals surface area contributed by atoms with Crippen molar-refractivity contribution < 1.29 is 27.4 Å². The molecule has 0 heterocycles. The van der Waals surface area contributed by atoms with Gasteiger partial charge in [-0.3, -0.25) is 0 Å². The number of nitriles is 1. The second kappa shape index (κ2) is 8.49. The van der Waals surface area contributed by atoms with Gasteiger partial charge in [-0.1, -0.05) is 11.6 Å². The molecule has 0 aliphatic rings. The Morgan fingerprint density at radius 2 is 1.96 bits per heavy atom. The van der Waals surface area contributed by atoms with Crippen molar-refractivity contribution in [2.24, 2.45) is 0 Å². The predicted molar refractivity (Wildman–Crippen MR) is 90.1 cm³/mol. The first-order chi connectivity index (χ1) is 11.8. The summed E-state index contributed by atoms with van der Waals surface area (Å²) < 4.78 is 50.0. The van der Waals surface area contributed by atoms with Gasteiger partial charge in [-0.05, 0) is 32.9 Å². The largest absolute Gasteiger partial charge is 0.479 e. The molecule has 1 aromatic rings. The molecular weight excluding hydrogens is 373 g/mol. The summed E-state index contributed by atoms with van der Waals surface area (Å²) in [6, 6.07) is 5.56. The first-order valence-corrected chi connectivity index (χ1v) is 8.08.